The van der Waals surface area contributed by atoms with Crippen LogP contribution in [0.2, 0.25) is 0 Å². The molecule has 1 aliphatic rings. The summed E-state index contributed by atoms with van der Waals surface area (Å²) in [6.45, 7) is 0.597. The van der Waals surface area contributed by atoms with E-state index < -0.39 is 0 Å². The van der Waals surface area contributed by atoms with Crippen molar-refractivity contribution in [2.75, 3.05) is 0 Å². The van der Waals surface area contributed by atoms with Crippen LogP contribution in [0.3, 0.4) is 0 Å². The fourth-order valence-corrected chi connectivity index (χ4v) is 3.10. The van der Waals surface area contributed by atoms with Gasteiger partial charge in [-0.25, -0.2) is 4.99 Å². The molecule has 0 radical (unpaired) electrons. The highest BCUT2D eigenvalue weighted by molar-refractivity contribution is 5.78. The summed E-state index contributed by atoms with van der Waals surface area (Å²) in [5.41, 5.74) is 9.46. The minimum atomic E-state index is 0.495. The number of aliphatic imine (C=N–C) groups is 1. The molecule has 0 aliphatic heterocycles. The number of aryl methyl sites for hydroxylation is 1. The van der Waals surface area contributed by atoms with Crippen LogP contribution in [0, 0.1) is 0 Å². The predicted molar refractivity (Wildman–Crippen MR) is 94.0 cm³/mol. The van der Waals surface area contributed by atoms with Crippen LogP contribution >= 0.6 is 0 Å². The monoisotopic (exact) mass is 311 g/mol. The number of nitrogens with zero attached hydrogens (tertiary/aromatic N) is 3. The molecule has 23 heavy (non-hydrogen) atoms. The third-order valence-electron chi connectivity index (χ3n) is 4.35. The molecule has 0 amide bonds. The van der Waals surface area contributed by atoms with E-state index in [1.807, 2.05) is 24.1 Å². The molecular formula is C18H25N5. The van der Waals surface area contributed by atoms with Gasteiger partial charge in [-0.3, -0.25) is 4.68 Å². The van der Waals surface area contributed by atoms with E-state index in [1.54, 1.807) is 0 Å². The third-order valence-corrected chi connectivity index (χ3v) is 4.35. The number of aromatic nitrogens is 2. The van der Waals surface area contributed by atoms with Crippen LogP contribution in [0.25, 0.3) is 11.1 Å². The molecule has 1 aliphatic carbocycles. The highest BCUT2D eigenvalue weighted by Gasteiger charge is 2.13. The average molecular weight is 311 g/mol. The fourth-order valence-electron chi connectivity index (χ4n) is 3.10. The predicted octanol–water partition coefficient (Wildman–Crippen LogP) is 2.82. The average Bonchev–Trinajstić information content (AvgIpc) is 3.01. The summed E-state index contributed by atoms with van der Waals surface area (Å²) >= 11 is 0. The first-order valence-corrected chi connectivity index (χ1v) is 8.35. The lowest BCUT2D eigenvalue weighted by atomic mass is 9.96. The Hall–Kier alpha value is -2.30. The molecular weight excluding hydrogens is 286 g/mol. The Morgan fingerprint density at radius 3 is 2.87 bits per heavy atom. The second kappa shape index (κ2) is 7.31. The summed E-state index contributed by atoms with van der Waals surface area (Å²) < 4.78 is 1.81. The van der Waals surface area contributed by atoms with Crippen LogP contribution in [0.15, 0.2) is 41.7 Å². The van der Waals surface area contributed by atoms with Crippen LogP contribution in [0.5, 0.6) is 0 Å². The Bertz CT molecular complexity index is 668. The van der Waals surface area contributed by atoms with Crippen LogP contribution in [0.4, 0.5) is 0 Å². The van der Waals surface area contributed by atoms with Gasteiger partial charge < -0.3 is 11.1 Å². The van der Waals surface area contributed by atoms with Crippen molar-refractivity contribution in [2.24, 2.45) is 17.8 Å². The first-order chi connectivity index (χ1) is 11.2. The van der Waals surface area contributed by atoms with Crippen molar-refractivity contribution >= 4 is 5.96 Å². The van der Waals surface area contributed by atoms with Crippen molar-refractivity contribution in [3.63, 3.8) is 0 Å². The summed E-state index contributed by atoms with van der Waals surface area (Å²) in [6.07, 6.45) is 10.2. The van der Waals surface area contributed by atoms with Gasteiger partial charge in [-0.1, -0.05) is 37.5 Å². The quantitative estimate of drug-likeness (QED) is 0.674. The van der Waals surface area contributed by atoms with E-state index in [4.69, 9.17) is 5.73 Å². The second-order valence-corrected chi connectivity index (χ2v) is 6.28. The molecule has 3 N–H and O–H groups in total. The van der Waals surface area contributed by atoms with Gasteiger partial charge in [0.2, 0.25) is 0 Å². The van der Waals surface area contributed by atoms with Crippen molar-refractivity contribution in [3.05, 3.63) is 42.2 Å². The van der Waals surface area contributed by atoms with Gasteiger partial charge in [0, 0.05) is 24.8 Å². The van der Waals surface area contributed by atoms with Crippen LogP contribution < -0.4 is 11.1 Å². The van der Waals surface area contributed by atoms with E-state index in [0.29, 0.717) is 18.5 Å². The van der Waals surface area contributed by atoms with Gasteiger partial charge >= 0.3 is 0 Å². The van der Waals surface area contributed by atoms with Gasteiger partial charge in [0.15, 0.2) is 5.96 Å². The highest BCUT2D eigenvalue weighted by atomic mass is 15.2. The number of nitrogens with two attached hydrogens (primary N) is 1. The zero-order valence-electron chi connectivity index (χ0n) is 13.7. The Balaban J connectivity index is 1.62. The number of rotatable bonds is 4. The lowest BCUT2D eigenvalue weighted by molar-refractivity contribution is 0.412. The van der Waals surface area contributed by atoms with E-state index in [1.165, 1.54) is 32.1 Å². The molecule has 0 bridgehead atoms. The molecule has 0 unspecified atom stereocenters. The third kappa shape index (κ3) is 4.34. The Morgan fingerprint density at radius 1 is 1.30 bits per heavy atom. The van der Waals surface area contributed by atoms with Crippen molar-refractivity contribution in [3.8, 4) is 11.1 Å². The molecule has 5 heteroatoms. The second-order valence-electron chi connectivity index (χ2n) is 6.28. The summed E-state index contributed by atoms with van der Waals surface area (Å²) in [5.74, 6) is 0.559. The minimum absolute atomic E-state index is 0.495. The summed E-state index contributed by atoms with van der Waals surface area (Å²) in [4.78, 5) is 4.49. The molecule has 0 spiro atoms. The zero-order chi connectivity index (χ0) is 16.1. The maximum Gasteiger partial charge on any atom is 0.189 e. The van der Waals surface area contributed by atoms with Gasteiger partial charge in [-0.15, -0.1) is 0 Å². The number of guanidine groups is 1. The molecule has 3 rings (SSSR count). The Morgan fingerprint density at radius 2 is 2.13 bits per heavy atom. The molecule has 2 aromatic rings. The van der Waals surface area contributed by atoms with E-state index in [-0.39, 0.29) is 0 Å². The molecule has 0 saturated heterocycles. The smallest absolute Gasteiger partial charge is 0.189 e. The number of nitrogens with one attached hydrogen (secondary N) is 1. The Labute approximate surface area is 137 Å². The molecule has 1 heterocycles. The van der Waals surface area contributed by atoms with Crippen LogP contribution in [0.1, 0.15) is 37.7 Å². The largest absolute Gasteiger partial charge is 0.370 e. The van der Waals surface area contributed by atoms with E-state index in [0.717, 1.165) is 16.7 Å². The molecule has 1 aromatic heterocycles. The highest BCUT2D eigenvalue weighted by Crippen LogP contribution is 2.20. The maximum atomic E-state index is 6.03. The van der Waals surface area contributed by atoms with Crippen LogP contribution in [-0.2, 0) is 13.6 Å². The number of hydrogen-bond donors (Lipinski definition) is 2. The molecule has 0 atom stereocenters. The number of benzene rings is 1. The van der Waals surface area contributed by atoms with Gasteiger partial charge in [-0.05, 0) is 30.0 Å². The van der Waals surface area contributed by atoms with E-state index >= 15 is 0 Å². The van der Waals surface area contributed by atoms with Crippen molar-refractivity contribution < 1.29 is 0 Å². The van der Waals surface area contributed by atoms with Crippen molar-refractivity contribution in [2.45, 2.75) is 44.7 Å². The lowest BCUT2D eigenvalue weighted by Crippen LogP contribution is -2.41. The molecule has 5 nitrogen and oxygen atoms in total. The van der Waals surface area contributed by atoms with E-state index in [9.17, 15) is 0 Å². The van der Waals surface area contributed by atoms with Gasteiger partial charge in [0.1, 0.15) is 0 Å². The van der Waals surface area contributed by atoms with Crippen molar-refractivity contribution in [1.29, 1.82) is 0 Å². The fraction of sp³-hybridized carbons (Fsp3) is 0.444. The lowest BCUT2D eigenvalue weighted by Gasteiger charge is -2.23. The first kappa shape index (κ1) is 15.6. The standard InChI is InChI=1S/C18H25N5/c1-23-13-16(12-21-23)15-7-5-6-14(10-15)11-20-18(19)22-17-8-3-2-4-9-17/h5-7,10,12-13,17H,2-4,8-9,11H2,1H3,(H3,19,20,22). The van der Waals surface area contributed by atoms with Gasteiger partial charge in [0.05, 0.1) is 12.7 Å². The minimum Gasteiger partial charge on any atom is -0.370 e. The molecule has 1 saturated carbocycles. The van der Waals surface area contributed by atoms with Crippen LogP contribution in [-0.4, -0.2) is 21.8 Å². The normalized spacial score (nSPS) is 16.5. The maximum absolute atomic E-state index is 6.03. The SMILES string of the molecule is Cn1cc(-c2cccc(CN=C(N)NC3CCCCC3)c2)cn1. The Kier molecular flexibility index (Phi) is 4.95. The summed E-state index contributed by atoms with van der Waals surface area (Å²) in [6, 6.07) is 8.87. The molecule has 122 valence electrons. The summed E-state index contributed by atoms with van der Waals surface area (Å²) in [5, 5.41) is 7.57. The van der Waals surface area contributed by atoms with Gasteiger partial charge in [0.25, 0.3) is 0 Å². The summed E-state index contributed by atoms with van der Waals surface area (Å²) in [7, 11) is 1.93. The van der Waals surface area contributed by atoms with Crippen molar-refractivity contribution in [1.82, 2.24) is 15.1 Å². The molecule has 1 aromatic carbocycles. The first-order valence-electron chi connectivity index (χ1n) is 8.35. The molecule has 1 fully saturated rings. The zero-order valence-corrected chi connectivity index (χ0v) is 13.7. The van der Waals surface area contributed by atoms with Gasteiger partial charge in [-0.2, -0.15) is 5.10 Å². The number of hydrogen-bond acceptors (Lipinski definition) is 2. The van der Waals surface area contributed by atoms with E-state index in [2.05, 4.69) is 39.7 Å². The topological polar surface area (TPSA) is 68.2 Å².